The number of fused-ring (bicyclic) bond motifs is 1. The van der Waals surface area contributed by atoms with Gasteiger partial charge < -0.3 is 10.1 Å². The van der Waals surface area contributed by atoms with E-state index in [0.717, 1.165) is 32.2 Å². The molecule has 28 heavy (non-hydrogen) atoms. The van der Waals surface area contributed by atoms with Gasteiger partial charge >= 0.3 is 0 Å². The maximum Gasteiger partial charge on any atom is 0.265 e. The Kier molecular flexibility index (Phi) is 5.04. The molecule has 4 aromatic rings. The minimum atomic E-state index is -0.614. The minimum absolute atomic E-state index is 0.199. The normalized spacial score (nSPS) is 11.9. The second-order valence-corrected chi connectivity index (χ2v) is 7.42. The van der Waals surface area contributed by atoms with Crippen LogP contribution in [0.25, 0.3) is 20.9 Å². The first kappa shape index (κ1) is 18.1. The summed E-state index contributed by atoms with van der Waals surface area (Å²) in [7, 11) is 0. The summed E-state index contributed by atoms with van der Waals surface area (Å²) in [4.78, 5) is 22.5. The molecule has 0 saturated heterocycles. The van der Waals surface area contributed by atoms with E-state index in [0.29, 0.717) is 5.75 Å². The highest BCUT2D eigenvalue weighted by molar-refractivity contribution is 7.21. The Labute approximate surface area is 167 Å². The predicted molar refractivity (Wildman–Crippen MR) is 113 cm³/mol. The van der Waals surface area contributed by atoms with Crippen LogP contribution in [0.3, 0.4) is 0 Å². The van der Waals surface area contributed by atoms with E-state index in [1.165, 1.54) is 11.3 Å². The molecule has 0 radical (unpaired) electrons. The summed E-state index contributed by atoms with van der Waals surface area (Å²) < 4.78 is 5.71. The quantitative estimate of drug-likeness (QED) is 0.517. The van der Waals surface area contributed by atoms with Crippen molar-refractivity contribution in [2.75, 3.05) is 5.32 Å². The molecule has 0 bridgehead atoms. The number of aryl methyl sites for hydroxylation is 1. The van der Waals surface area contributed by atoms with Crippen LogP contribution >= 0.6 is 11.3 Å². The number of anilines is 1. The number of hydrogen-bond donors (Lipinski definition) is 1. The van der Waals surface area contributed by atoms with Crippen molar-refractivity contribution in [3.05, 3.63) is 72.4 Å². The smallest absolute Gasteiger partial charge is 0.265 e. The molecule has 1 amide bonds. The van der Waals surface area contributed by atoms with Crippen LogP contribution in [0.2, 0.25) is 0 Å². The van der Waals surface area contributed by atoms with Gasteiger partial charge in [0.1, 0.15) is 21.1 Å². The number of hydrogen-bond acceptors (Lipinski definition) is 5. The summed E-state index contributed by atoms with van der Waals surface area (Å²) in [6.45, 7) is 3.70. The molecule has 0 fully saturated rings. The van der Waals surface area contributed by atoms with Crippen LogP contribution in [0.4, 0.5) is 5.69 Å². The van der Waals surface area contributed by atoms with Gasteiger partial charge in [-0.25, -0.2) is 9.97 Å². The number of nitrogens with one attached hydrogen (secondary N) is 1. The molecule has 2 heterocycles. The van der Waals surface area contributed by atoms with Gasteiger partial charge in [-0.15, -0.1) is 0 Å². The molecule has 0 aliphatic rings. The fraction of sp³-hybridized carbons (Fsp3) is 0.136. The molecule has 1 atom stereocenters. The molecule has 140 valence electrons. The molecule has 6 heteroatoms. The number of para-hydroxylation sites is 1. The lowest BCUT2D eigenvalue weighted by Gasteiger charge is -2.16. The van der Waals surface area contributed by atoms with E-state index in [4.69, 9.17) is 4.74 Å². The SMILES string of the molecule is Cc1ccc(-c2nc3cccnc3s2)cc1NC(=O)C(C)Oc1ccccc1. The predicted octanol–water partition coefficient (Wildman–Crippen LogP) is 5.07. The van der Waals surface area contributed by atoms with Crippen molar-refractivity contribution in [2.24, 2.45) is 0 Å². The van der Waals surface area contributed by atoms with Crippen molar-refractivity contribution in [3.8, 4) is 16.3 Å². The summed E-state index contributed by atoms with van der Waals surface area (Å²) >= 11 is 1.53. The minimum Gasteiger partial charge on any atom is -0.481 e. The summed E-state index contributed by atoms with van der Waals surface area (Å²) in [5, 5.41) is 3.84. The van der Waals surface area contributed by atoms with E-state index in [2.05, 4.69) is 15.3 Å². The van der Waals surface area contributed by atoms with Crippen LogP contribution in [-0.4, -0.2) is 22.0 Å². The maximum atomic E-state index is 12.6. The number of rotatable bonds is 5. The Morgan fingerprint density at radius 1 is 1.11 bits per heavy atom. The van der Waals surface area contributed by atoms with Crippen molar-refractivity contribution in [1.82, 2.24) is 9.97 Å². The molecule has 2 aromatic heterocycles. The first-order valence-electron chi connectivity index (χ1n) is 8.95. The lowest BCUT2D eigenvalue weighted by Crippen LogP contribution is -2.30. The van der Waals surface area contributed by atoms with Crippen LogP contribution in [0.1, 0.15) is 12.5 Å². The number of pyridine rings is 1. The van der Waals surface area contributed by atoms with Gasteiger partial charge in [-0.2, -0.15) is 0 Å². The number of aromatic nitrogens is 2. The summed E-state index contributed by atoms with van der Waals surface area (Å²) in [5.41, 5.74) is 3.54. The Hall–Kier alpha value is -3.25. The van der Waals surface area contributed by atoms with E-state index in [-0.39, 0.29) is 5.91 Å². The highest BCUT2D eigenvalue weighted by Gasteiger charge is 2.16. The number of ether oxygens (including phenoxy) is 1. The Morgan fingerprint density at radius 3 is 2.71 bits per heavy atom. The Morgan fingerprint density at radius 2 is 1.93 bits per heavy atom. The average Bonchev–Trinajstić information content (AvgIpc) is 3.14. The fourth-order valence-electron chi connectivity index (χ4n) is 2.77. The largest absolute Gasteiger partial charge is 0.481 e. The molecular weight excluding hydrogens is 370 g/mol. The van der Waals surface area contributed by atoms with Crippen molar-refractivity contribution in [3.63, 3.8) is 0 Å². The van der Waals surface area contributed by atoms with Crippen molar-refractivity contribution in [1.29, 1.82) is 0 Å². The van der Waals surface area contributed by atoms with Gasteiger partial charge in [-0.05, 0) is 49.7 Å². The van der Waals surface area contributed by atoms with E-state index in [9.17, 15) is 4.79 Å². The van der Waals surface area contributed by atoms with Gasteiger partial charge in [0.15, 0.2) is 6.10 Å². The van der Waals surface area contributed by atoms with Crippen molar-refractivity contribution in [2.45, 2.75) is 20.0 Å². The number of carbonyl (C=O) groups is 1. The number of nitrogens with zero attached hydrogens (tertiary/aromatic N) is 2. The van der Waals surface area contributed by atoms with Crippen LogP contribution < -0.4 is 10.1 Å². The van der Waals surface area contributed by atoms with Crippen molar-refractivity contribution >= 4 is 33.3 Å². The topological polar surface area (TPSA) is 64.1 Å². The molecule has 0 saturated carbocycles. The van der Waals surface area contributed by atoms with E-state index < -0.39 is 6.10 Å². The maximum absolute atomic E-state index is 12.6. The van der Waals surface area contributed by atoms with Gasteiger partial charge in [-0.3, -0.25) is 4.79 Å². The highest BCUT2D eigenvalue weighted by atomic mass is 32.1. The first-order chi connectivity index (χ1) is 13.6. The third kappa shape index (κ3) is 3.87. The third-order valence-electron chi connectivity index (χ3n) is 4.33. The second kappa shape index (κ2) is 7.78. The molecule has 0 aliphatic carbocycles. The Bertz CT molecular complexity index is 1090. The lowest BCUT2D eigenvalue weighted by molar-refractivity contribution is -0.122. The van der Waals surface area contributed by atoms with Gasteiger partial charge in [0, 0.05) is 17.4 Å². The molecule has 2 aromatic carbocycles. The third-order valence-corrected chi connectivity index (χ3v) is 5.36. The molecule has 0 aliphatic heterocycles. The summed E-state index contributed by atoms with van der Waals surface area (Å²) in [6, 6.07) is 19.1. The van der Waals surface area contributed by atoms with E-state index in [1.54, 1.807) is 13.1 Å². The van der Waals surface area contributed by atoms with Gasteiger partial charge in [0.05, 0.1) is 0 Å². The van der Waals surface area contributed by atoms with Crippen LogP contribution in [0.15, 0.2) is 66.9 Å². The average molecular weight is 389 g/mol. The first-order valence-corrected chi connectivity index (χ1v) is 9.77. The number of benzene rings is 2. The zero-order valence-electron chi connectivity index (χ0n) is 15.5. The standard InChI is InChI=1S/C22H19N3O2S/c1-14-10-11-16(21-25-18-9-6-12-23-22(18)28-21)13-19(14)24-20(26)15(2)27-17-7-4-3-5-8-17/h3-13,15H,1-2H3,(H,24,26). The van der Waals surface area contributed by atoms with Gasteiger partial charge in [0.25, 0.3) is 5.91 Å². The fourth-order valence-corrected chi connectivity index (χ4v) is 3.68. The molecule has 1 unspecified atom stereocenters. The van der Waals surface area contributed by atoms with Crippen molar-refractivity contribution < 1.29 is 9.53 Å². The summed E-state index contributed by atoms with van der Waals surface area (Å²) in [5.74, 6) is 0.465. The lowest BCUT2D eigenvalue weighted by atomic mass is 10.1. The molecular formula is C22H19N3O2S. The van der Waals surface area contributed by atoms with Gasteiger partial charge in [-0.1, -0.05) is 41.7 Å². The van der Waals surface area contributed by atoms with Gasteiger partial charge in [0.2, 0.25) is 0 Å². The van der Waals surface area contributed by atoms with E-state index >= 15 is 0 Å². The zero-order valence-corrected chi connectivity index (χ0v) is 16.4. The molecule has 0 spiro atoms. The molecule has 5 nitrogen and oxygen atoms in total. The number of thiazole rings is 1. The van der Waals surface area contributed by atoms with Crippen LogP contribution in [0.5, 0.6) is 5.75 Å². The number of amides is 1. The van der Waals surface area contributed by atoms with Crippen LogP contribution in [-0.2, 0) is 4.79 Å². The Balaban J connectivity index is 1.54. The van der Waals surface area contributed by atoms with E-state index in [1.807, 2.05) is 67.6 Å². The monoisotopic (exact) mass is 389 g/mol. The molecule has 1 N–H and O–H groups in total. The summed E-state index contributed by atoms with van der Waals surface area (Å²) in [6.07, 6.45) is 1.15. The number of carbonyl (C=O) groups excluding carboxylic acids is 1. The van der Waals surface area contributed by atoms with Crippen LogP contribution in [0, 0.1) is 6.92 Å². The second-order valence-electron chi connectivity index (χ2n) is 6.44. The molecule has 4 rings (SSSR count). The highest BCUT2D eigenvalue weighted by Crippen LogP contribution is 2.31. The zero-order chi connectivity index (χ0) is 19.5.